The van der Waals surface area contributed by atoms with Crippen LogP contribution in [0.5, 0.6) is 0 Å². The van der Waals surface area contributed by atoms with Gasteiger partial charge in [0.25, 0.3) is 0 Å². The molecule has 0 heterocycles. The van der Waals surface area contributed by atoms with Crippen LogP contribution in [0.3, 0.4) is 0 Å². The third-order valence-electron chi connectivity index (χ3n) is 5.15. The minimum absolute atomic E-state index is 0.0267. The molecule has 2 amide bonds. The highest BCUT2D eigenvalue weighted by Gasteiger charge is 2.24. The van der Waals surface area contributed by atoms with Gasteiger partial charge in [-0.2, -0.15) is 0 Å². The molecule has 1 aromatic rings. The molecule has 0 aliphatic carbocycles. The summed E-state index contributed by atoms with van der Waals surface area (Å²) in [5, 5.41) is 2.80. The van der Waals surface area contributed by atoms with Crippen LogP contribution in [0.2, 0.25) is 0 Å². The van der Waals surface area contributed by atoms with Gasteiger partial charge in [0.15, 0.2) is 0 Å². The van der Waals surface area contributed by atoms with Crippen LogP contribution in [0.4, 0.5) is 4.79 Å². The number of esters is 1. The van der Waals surface area contributed by atoms with E-state index in [0.717, 1.165) is 24.8 Å². The number of alkyl carbamates (subject to hydrolysis) is 1. The first-order valence-electron chi connectivity index (χ1n) is 12.9. The van der Waals surface area contributed by atoms with Crippen LogP contribution in [-0.2, 0) is 41.6 Å². The van der Waals surface area contributed by atoms with Gasteiger partial charge in [0.2, 0.25) is 5.91 Å². The van der Waals surface area contributed by atoms with Gasteiger partial charge in [0, 0.05) is 13.0 Å². The van der Waals surface area contributed by atoms with Crippen LogP contribution in [0.15, 0.2) is 24.3 Å². The monoisotopic (exact) mass is 522 g/mol. The van der Waals surface area contributed by atoms with E-state index in [9.17, 15) is 14.4 Å². The Balaban J connectivity index is 2.42. The van der Waals surface area contributed by atoms with Gasteiger partial charge < -0.3 is 30.0 Å². The lowest BCUT2D eigenvalue weighted by molar-refractivity contribution is -0.160. The van der Waals surface area contributed by atoms with Crippen LogP contribution >= 0.6 is 0 Å². The maximum absolute atomic E-state index is 12.2. The number of aryl methyl sites for hydroxylation is 1. The number of benzene rings is 1. The summed E-state index contributed by atoms with van der Waals surface area (Å²) >= 11 is 0. The fourth-order valence-electron chi connectivity index (χ4n) is 3.39. The molecule has 0 saturated carbocycles. The Morgan fingerprint density at radius 3 is 2.08 bits per heavy atom. The zero-order valence-electron chi connectivity index (χ0n) is 23.6. The highest BCUT2D eigenvalue weighted by molar-refractivity contribution is 5.74. The zero-order chi connectivity index (χ0) is 28.1. The fraction of sp³-hybridized carbons (Fsp3) is 0.679. The summed E-state index contributed by atoms with van der Waals surface area (Å²) in [6, 6.07) is 7.74. The van der Waals surface area contributed by atoms with Crippen molar-refractivity contribution in [3.8, 4) is 0 Å². The third kappa shape index (κ3) is 16.7. The van der Waals surface area contributed by atoms with Gasteiger partial charge in [-0.05, 0) is 85.3 Å². The average Bonchev–Trinajstić information content (AvgIpc) is 2.75. The van der Waals surface area contributed by atoms with Crippen LogP contribution < -0.4 is 11.1 Å². The second kappa shape index (κ2) is 15.6. The standard InChI is InChI=1S/C28H46N2O7/c1-20(23(15-16-24(29)31)30-26(33)37-28(5,6)7)35-18-22-13-11-21(12-14-22)10-8-9-17-34-19-25(32)36-27(2,3)4/h11-14,20,23H,8-10,15-19H2,1-7H3,(H2,29,31)(H,30,33)/t20-,23+/m1/s1. The SMILES string of the molecule is C[C@@H](OCc1ccc(CCCCOCC(=O)OC(C)(C)C)cc1)[C@H](CCC(N)=O)NC(=O)OC(C)(C)C. The molecule has 0 fully saturated rings. The van der Waals surface area contributed by atoms with E-state index in [0.29, 0.717) is 19.6 Å². The Bertz CT molecular complexity index is 842. The molecule has 9 heteroatoms. The molecular formula is C28H46N2O7. The number of hydrogen-bond acceptors (Lipinski definition) is 7. The maximum Gasteiger partial charge on any atom is 0.407 e. The fourth-order valence-corrected chi connectivity index (χ4v) is 3.39. The molecule has 37 heavy (non-hydrogen) atoms. The smallest absolute Gasteiger partial charge is 0.407 e. The number of carbonyl (C=O) groups is 3. The number of unbranched alkanes of at least 4 members (excludes halogenated alkanes) is 1. The second-order valence-electron chi connectivity index (χ2n) is 11.2. The highest BCUT2D eigenvalue weighted by Crippen LogP contribution is 2.14. The average molecular weight is 523 g/mol. The van der Waals surface area contributed by atoms with E-state index in [2.05, 4.69) is 17.4 Å². The van der Waals surface area contributed by atoms with Gasteiger partial charge in [0.1, 0.15) is 17.8 Å². The van der Waals surface area contributed by atoms with Gasteiger partial charge in [-0.1, -0.05) is 24.3 Å². The number of rotatable bonds is 15. The Morgan fingerprint density at radius 2 is 1.51 bits per heavy atom. The summed E-state index contributed by atoms with van der Waals surface area (Å²) in [4.78, 5) is 35.1. The van der Waals surface area contributed by atoms with E-state index in [-0.39, 0.29) is 25.1 Å². The summed E-state index contributed by atoms with van der Waals surface area (Å²) in [6.07, 6.45) is 2.28. The Hall–Kier alpha value is -2.65. The van der Waals surface area contributed by atoms with Crippen LogP contribution in [0.1, 0.15) is 85.3 Å². The van der Waals surface area contributed by atoms with Gasteiger partial charge in [0.05, 0.1) is 18.8 Å². The van der Waals surface area contributed by atoms with Crippen molar-refractivity contribution in [3.05, 3.63) is 35.4 Å². The van der Waals surface area contributed by atoms with Gasteiger partial charge in [-0.3, -0.25) is 4.79 Å². The van der Waals surface area contributed by atoms with E-state index >= 15 is 0 Å². The number of carbonyl (C=O) groups excluding carboxylic acids is 3. The first-order valence-corrected chi connectivity index (χ1v) is 12.9. The van der Waals surface area contributed by atoms with Gasteiger partial charge in [-0.25, -0.2) is 9.59 Å². The maximum atomic E-state index is 12.2. The summed E-state index contributed by atoms with van der Waals surface area (Å²) in [6.45, 7) is 13.5. The normalized spacial score (nSPS) is 13.5. The number of ether oxygens (including phenoxy) is 4. The highest BCUT2D eigenvalue weighted by atomic mass is 16.6. The zero-order valence-corrected chi connectivity index (χ0v) is 23.6. The lowest BCUT2D eigenvalue weighted by Gasteiger charge is -2.27. The van der Waals surface area contributed by atoms with E-state index in [1.54, 1.807) is 20.8 Å². The predicted molar refractivity (Wildman–Crippen MR) is 142 cm³/mol. The number of amides is 2. The van der Waals surface area contributed by atoms with Crippen LogP contribution in [0, 0.1) is 0 Å². The van der Waals surface area contributed by atoms with Crippen LogP contribution in [-0.4, -0.2) is 54.5 Å². The van der Waals surface area contributed by atoms with Crippen molar-refractivity contribution in [2.24, 2.45) is 5.73 Å². The topological polar surface area (TPSA) is 126 Å². The van der Waals surface area contributed by atoms with Crippen molar-refractivity contribution >= 4 is 18.0 Å². The largest absolute Gasteiger partial charge is 0.458 e. The number of primary amides is 1. The van der Waals surface area contributed by atoms with E-state index in [4.69, 9.17) is 24.7 Å². The Morgan fingerprint density at radius 1 is 0.919 bits per heavy atom. The summed E-state index contributed by atoms with van der Waals surface area (Å²) in [5.41, 5.74) is 6.37. The minimum Gasteiger partial charge on any atom is -0.458 e. The lowest BCUT2D eigenvalue weighted by Crippen LogP contribution is -2.45. The molecule has 0 unspecified atom stereocenters. The summed E-state index contributed by atoms with van der Waals surface area (Å²) < 4.78 is 21.9. The second-order valence-corrected chi connectivity index (χ2v) is 11.2. The van der Waals surface area contributed by atoms with Crippen LogP contribution in [0.25, 0.3) is 0 Å². The Kier molecular flexibility index (Phi) is 13.6. The first-order chi connectivity index (χ1) is 17.1. The van der Waals surface area contributed by atoms with E-state index < -0.39 is 29.2 Å². The molecule has 1 rings (SSSR count). The number of nitrogens with one attached hydrogen (secondary N) is 1. The molecule has 9 nitrogen and oxygen atoms in total. The predicted octanol–water partition coefficient (Wildman–Crippen LogP) is 4.43. The molecule has 0 saturated heterocycles. The van der Waals surface area contributed by atoms with Crippen molar-refractivity contribution in [1.29, 1.82) is 0 Å². The van der Waals surface area contributed by atoms with Crippen molar-refractivity contribution in [1.82, 2.24) is 5.32 Å². The number of hydrogen-bond donors (Lipinski definition) is 2. The van der Waals surface area contributed by atoms with Gasteiger partial charge >= 0.3 is 12.1 Å². The molecule has 0 aliphatic heterocycles. The molecule has 210 valence electrons. The summed E-state index contributed by atoms with van der Waals surface area (Å²) in [7, 11) is 0. The summed E-state index contributed by atoms with van der Waals surface area (Å²) in [5.74, 6) is -0.784. The van der Waals surface area contributed by atoms with Crippen molar-refractivity contribution in [2.75, 3.05) is 13.2 Å². The van der Waals surface area contributed by atoms with E-state index in [1.807, 2.05) is 39.8 Å². The molecule has 0 aliphatic rings. The molecule has 0 bridgehead atoms. The number of nitrogens with two attached hydrogens (primary N) is 1. The first kappa shape index (κ1) is 32.4. The Labute approximate surface area is 221 Å². The van der Waals surface area contributed by atoms with E-state index in [1.165, 1.54) is 5.56 Å². The molecule has 3 N–H and O–H groups in total. The van der Waals surface area contributed by atoms with Crippen molar-refractivity contribution < 1.29 is 33.3 Å². The molecule has 0 aromatic heterocycles. The quantitative estimate of drug-likeness (QED) is 0.258. The third-order valence-corrected chi connectivity index (χ3v) is 5.15. The van der Waals surface area contributed by atoms with Crippen molar-refractivity contribution in [3.63, 3.8) is 0 Å². The molecule has 2 atom stereocenters. The van der Waals surface area contributed by atoms with Gasteiger partial charge in [-0.15, -0.1) is 0 Å². The molecule has 0 spiro atoms. The molecular weight excluding hydrogens is 476 g/mol. The van der Waals surface area contributed by atoms with Crippen molar-refractivity contribution in [2.45, 2.75) is 111 Å². The minimum atomic E-state index is -0.628. The molecule has 1 aromatic carbocycles. The lowest BCUT2D eigenvalue weighted by atomic mass is 10.1. The molecule has 0 radical (unpaired) electrons.